The van der Waals surface area contributed by atoms with Crippen LogP contribution in [-0.2, 0) is 6.42 Å². The summed E-state index contributed by atoms with van der Waals surface area (Å²) in [4.78, 5) is 0. The van der Waals surface area contributed by atoms with E-state index < -0.39 is 0 Å². The molecule has 3 aliphatic rings. The van der Waals surface area contributed by atoms with Crippen LogP contribution in [0.3, 0.4) is 0 Å². The van der Waals surface area contributed by atoms with Gasteiger partial charge in [0, 0.05) is 10.5 Å². The Morgan fingerprint density at radius 3 is 2.55 bits per heavy atom. The minimum atomic E-state index is -0.139. The Hall–Kier alpha value is -0.410. The van der Waals surface area contributed by atoms with E-state index >= 15 is 0 Å². The van der Waals surface area contributed by atoms with Crippen LogP contribution in [0.15, 0.2) is 22.7 Å². The molecule has 0 saturated heterocycles. The van der Waals surface area contributed by atoms with Crippen LogP contribution in [0, 0.1) is 35.4 Å². The predicted molar refractivity (Wildman–Crippen MR) is 82.0 cm³/mol. The predicted octanol–water partition coefficient (Wildman–Crippen LogP) is 4.01. The van der Waals surface area contributed by atoms with Crippen LogP contribution in [0.25, 0.3) is 0 Å². The van der Waals surface area contributed by atoms with E-state index in [1.54, 1.807) is 6.07 Å². The van der Waals surface area contributed by atoms with Crippen molar-refractivity contribution < 1.29 is 4.39 Å². The highest BCUT2D eigenvalue weighted by Gasteiger charge is 2.66. The van der Waals surface area contributed by atoms with Crippen LogP contribution < -0.4 is 5.32 Å². The minimum absolute atomic E-state index is 0.139. The zero-order valence-corrected chi connectivity index (χ0v) is 13.4. The number of rotatable bonds is 4. The van der Waals surface area contributed by atoms with Crippen molar-refractivity contribution in [3.8, 4) is 0 Å². The Balaban J connectivity index is 1.50. The van der Waals surface area contributed by atoms with Crippen LogP contribution in [0.2, 0.25) is 0 Å². The van der Waals surface area contributed by atoms with Gasteiger partial charge in [0.25, 0.3) is 0 Å². The summed E-state index contributed by atoms with van der Waals surface area (Å²) >= 11 is 3.39. The van der Waals surface area contributed by atoms with E-state index in [1.165, 1.54) is 25.3 Å². The molecule has 0 heterocycles. The molecule has 108 valence electrons. The normalized spacial score (nSPS) is 38.9. The van der Waals surface area contributed by atoms with Crippen molar-refractivity contribution >= 4 is 15.9 Å². The maximum atomic E-state index is 13.5. The average molecular weight is 338 g/mol. The Morgan fingerprint density at radius 2 is 1.95 bits per heavy atom. The van der Waals surface area contributed by atoms with Crippen LogP contribution in [0.5, 0.6) is 0 Å². The van der Waals surface area contributed by atoms with Crippen molar-refractivity contribution in [2.75, 3.05) is 7.05 Å². The molecule has 0 amide bonds. The van der Waals surface area contributed by atoms with Crippen molar-refractivity contribution in [2.45, 2.75) is 31.7 Å². The van der Waals surface area contributed by atoms with Gasteiger partial charge < -0.3 is 5.32 Å². The third-order valence-corrected chi connectivity index (χ3v) is 6.47. The fourth-order valence-corrected chi connectivity index (χ4v) is 5.86. The Bertz CT molecular complexity index is 495. The maximum Gasteiger partial charge on any atom is 0.124 e. The van der Waals surface area contributed by atoms with E-state index in [4.69, 9.17) is 0 Å². The molecule has 1 N–H and O–H groups in total. The fraction of sp³-hybridized carbons (Fsp3) is 0.647. The second-order valence-electron chi connectivity index (χ2n) is 6.94. The highest BCUT2D eigenvalue weighted by Crippen LogP contribution is 2.70. The smallest absolute Gasteiger partial charge is 0.124 e. The summed E-state index contributed by atoms with van der Waals surface area (Å²) in [5.41, 5.74) is 1.11. The van der Waals surface area contributed by atoms with Gasteiger partial charge in [-0.25, -0.2) is 4.39 Å². The molecule has 3 fully saturated rings. The lowest BCUT2D eigenvalue weighted by Crippen LogP contribution is -2.32. The molecule has 0 spiro atoms. The molecule has 1 nitrogen and oxygen atoms in total. The highest BCUT2D eigenvalue weighted by atomic mass is 79.9. The standard InChI is InChI=1S/C17H21BrFN/c1-20-14(6-9-4-12(18)8-13(19)5-9)17-15-10-2-3-11(7-10)16(15)17/h4-5,8,10-11,14-17,20H,2-3,6-7H2,1H3. The van der Waals surface area contributed by atoms with Crippen molar-refractivity contribution in [1.82, 2.24) is 5.32 Å². The van der Waals surface area contributed by atoms with Crippen molar-refractivity contribution in [2.24, 2.45) is 29.6 Å². The summed E-state index contributed by atoms with van der Waals surface area (Å²) in [5.74, 6) is 4.66. The quantitative estimate of drug-likeness (QED) is 0.875. The molecule has 1 aromatic carbocycles. The van der Waals surface area contributed by atoms with E-state index in [1.807, 2.05) is 0 Å². The first-order valence-electron chi connectivity index (χ1n) is 7.79. The topological polar surface area (TPSA) is 12.0 Å². The second kappa shape index (κ2) is 4.81. The minimum Gasteiger partial charge on any atom is -0.316 e. The monoisotopic (exact) mass is 337 g/mol. The van der Waals surface area contributed by atoms with Gasteiger partial charge in [0.05, 0.1) is 0 Å². The van der Waals surface area contributed by atoms with E-state index in [9.17, 15) is 4.39 Å². The molecule has 3 aliphatic carbocycles. The molecule has 4 rings (SSSR count). The zero-order chi connectivity index (χ0) is 13.9. The molecule has 2 bridgehead atoms. The molecule has 0 radical (unpaired) electrons. The van der Waals surface area contributed by atoms with Crippen molar-refractivity contribution in [3.05, 3.63) is 34.1 Å². The summed E-state index contributed by atoms with van der Waals surface area (Å²) in [6.07, 6.45) is 5.37. The first-order valence-corrected chi connectivity index (χ1v) is 8.59. The van der Waals surface area contributed by atoms with Gasteiger partial charge in [-0.15, -0.1) is 0 Å². The van der Waals surface area contributed by atoms with Gasteiger partial charge >= 0.3 is 0 Å². The molecule has 20 heavy (non-hydrogen) atoms. The second-order valence-corrected chi connectivity index (χ2v) is 7.86. The van der Waals surface area contributed by atoms with E-state index in [-0.39, 0.29) is 5.82 Å². The lowest BCUT2D eigenvalue weighted by molar-refractivity contribution is 0.376. The fourth-order valence-electron chi connectivity index (χ4n) is 5.34. The summed E-state index contributed by atoms with van der Waals surface area (Å²) in [6, 6.07) is 5.79. The Labute approximate surface area is 128 Å². The first kappa shape index (κ1) is 13.3. The molecular formula is C17H21BrFN. The number of halogens is 2. The van der Waals surface area contributed by atoms with Gasteiger partial charge in [-0.2, -0.15) is 0 Å². The lowest BCUT2D eigenvalue weighted by atomic mass is 9.93. The lowest BCUT2D eigenvalue weighted by Gasteiger charge is -2.20. The third kappa shape index (κ3) is 2.05. The first-order chi connectivity index (χ1) is 9.67. The van der Waals surface area contributed by atoms with Gasteiger partial charge in [0.2, 0.25) is 0 Å². The van der Waals surface area contributed by atoms with Crippen LogP contribution >= 0.6 is 15.9 Å². The molecule has 3 heteroatoms. The molecule has 0 aromatic heterocycles. The van der Waals surface area contributed by atoms with Gasteiger partial charge in [-0.1, -0.05) is 15.9 Å². The number of benzene rings is 1. The maximum absolute atomic E-state index is 13.5. The van der Waals surface area contributed by atoms with Crippen molar-refractivity contribution in [3.63, 3.8) is 0 Å². The van der Waals surface area contributed by atoms with Crippen LogP contribution in [0.1, 0.15) is 24.8 Å². The number of nitrogens with one attached hydrogen (secondary N) is 1. The van der Waals surface area contributed by atoms with Crippen LogP contribution in [0.4, 0.5) is 4.39 Å². The van der Waals surface area contributed by atoms with Gasteiger partial charge in [0.1, 0.15) is 5.82 Å². The Kier molecular flexibility index (Phi) is 3.19. The molecular weight excluding hydrogens is 317 g/mol. The van der Waals surface area contributed by atoms with E-state index in [0.717, 1.165) is 46.0 Å². The summed E-state index contributed by atoms with van der Waals surface area (Å²) in [6.45, 7) is 0. The van der Waals surface area contributed by atoms with Gasteiger partial charge in [-0.3, -0.25) is 0 Å². The number of fused-ring (bicyclic) bond motifs is 5. The Morgan fingerprint density at radius 1 is 1.25 bits per heavy atom. The number of hydrogen-bond donors (Lipinski definition) is 1. The summed E-state index contributed by atoms with van der Waals surface area (Å²) in [7, 11) is 2.06. The molecule has 3 saturated carbocycles. The summed E-state index contributed by atoms with van der Waals surface area (Å²) in [5, 5.41) is 3.51. The van der Waals surface area contributed by atoms with E-state index in [2.05, 4.69) is 34.4 Å². The van der Waals surface area contributed by atoms with Crippen LogP contribution in [-0.4, -0.2) is 13.1 Å². The van der Waals surface area contributed by atoms with Crippen molar-refractivity contribution in [1.29, 1.82) is 0 Å². The average Bonchev–Trinajstić information content (AvgIpc) is 2.82. The van der Waals surface area contributed by atoms with Gasteiger partial charge in [-0.05, 0) is 86.1 Å². The number of hydrogen-bond acceptors (Lipinski definition) is 1. The molecule has 0 aliphatic heterocycles. The third-order valence-electron chi connectivity index (χ3n) is 6.01. The SMILES string of the molecule is CNC(Cc1cc(F)cc(Br)c1)C1C2C3CCC(C3)C21. The molecule has 1 aromatic rings. The summed E-state index contributed by atoms with van der Waals surface area (Å²) < 4.78 is 14.4. The largest absolute Gasteiger partial charge is 0.316 e. The van der Waals surface area contributed by atoms with Gasteiger partial charge in [0.15, 0.2) is 0 Å². The molecule has 5 atom stereocenters. The zero-order valence-electron chi connectivity index (χ0n) is 11.8. The molecule has 5 unspecified atom stereocenters. The van der Waals surface area contributed by atoms with E-state index in [0.29, 0.717) is 6.04 Å². The highest BCUT2D eigenvalue weighted by molar-refractivity contribution is 9.10. The number of likely N-dealkylation sites (N-methyl/N-ethyl adjacent to an activating group) is 1.